The minimum absolute atomic E-state index is 0.489. The molecule has 0 aliphatic carbocycles. The Morgan fingerprint density at radius 3 is 2.61 bits per heavy atom. The lowest BCUT2D eigenvalue weighted by molar-refractivity contribution is 0.199. The molecule has 2 aromatic rings. The third-order valence-corrected chi connectivity index (χ3v) is 3.17. The molecule has 1 N–H and O–H groups in total. The molecule has 0 spiro atoms. The lowest BCUT2D eigenvalue weighted by Crippen LogP contribution is -1.93. The summed E-state index contributed by atoms with van der Waals surface area (Å²) in [6.45, 7) is 3.66. The number of aryl methyl sites for hydroxylation is 1. The maximum atomic E-state index is 9.49. The lowest BCUT2D eigenvalue weighted by Gasteiger charge is -2.10. The fourth-order valence-corrected chi connectivity index (χ4v) is 1.98. The van der Waals surface area contributed by atoms with Crippen molar-refractivity contribution in [3.05, 3.63) is 52.3 Å². The van der Waals surface area contributed by atoms with Gasteiger partial charge >= 0.3 is 0 Å². The van der Waals surface area contributed by atoms with Gasteiger partial charge in [-0.05, 0) is 59.6 Å². The SMILES string of the molecule is Cc1ccc(Oc2ccc([C@@H](C)O)cc2Br)cn1. The first-order valence-corrected chi connectivity index (χ1v) is 6.43. The van der Waals surface area contributed by atoms with Crippen molar-refractivity contribution in [2.45, 2.75) is 20.0 Å². The molecule has 0 bridgehead atoms. The van der Waals surface area contributed by atoms with Crippen molar-refractivity contribution in [2.75, 3.05) is 0 Å². The van der Waals surface area contributed by atoms with E-state index in [-0.39, 0.29) is 0 Å². The second kappa shape index (κ2) is 5.50. The normalized spacial score (nSPS) is 12.2. The predicted octanol–water partition coefficient (Wildman–Crippen LogP) is 4.00. The van der Waals surface area contributed by atoms with E-state index in [0.717, 1.165) is 15.7 Å². The van der Waals surface area contributed by atoms with Crippen LogP contribution in [0.3, 0.4) is 0 Å². The van der Waals surface area contributed by atoms with Gasteiger partial charge < -0.3 is 9.84 Å². The van der Waals surface area contributed by atoms with Crippen LogP contribution in [0.4, 0.5) is 0 Å². The maximum Gasteiger partial charge on any atom is 0.145 e. The van der Waals surface area contributed by atoms with Crippen LogP contribution < -0.4 is 4.74 Å². The monoisotopic (exact) mass is 307 g/mol. The van der Waals surface area contributed by atoms with Gasteiger partial charge in [0.15, 0.2) is 0 Å². The van der Waals surface area contributed by atoms with Crippen LogP contribution in [0.2, 0.25) is 0 Å². The number of halogens is 1. The number of hydrogen-bond donors (Lipinski definition) is 1. The van der Waals surface area contributed by atoms with Gasteiger partial charge in [0, 0.05) is 5.69 Å². The van der Waals surface area contributed by atoms with Crippen molar-refractivity contribution < 1.29 is 9.84 Å². The second-order valence-electron chi connectivity index (χ2n) is 4.10. The van der Waals surface area contributed by atoms with Crippen LogP contribution >= 0.6 is 15.9 Å². The zero-order chi connectivity index (χ0) is 13.1. The molecule has 0 aliphatic rings. The molecule has 94 valence electrons. The minimum atomic E-state index is -0.489. The van der Waals surface area contributed by atoms with Gasteiger partial charge in [0.05, 0.1) is 16.8 Å². The highest BCUT2D eigenvalue weighted by molar-refractivity contribution is 9.10. The van der Waals surface area contributed by atoms with Gasteiger partial charge in [0.2, 0.25) is 0 Å². The fraction of sp³-hybridized carbons (Fsp3) is 0.214. The van der Waals surface area contributed by atoms with Gasteiger partial charge in [0.1, 0.15) is 11.5 Å². The molecule has 1 atom stereocenters. The highest BCUT2D eigenvalue weighted by atomic mass is 79.9. The Labute approximate surface area is 115 Å². The van der Waals surface area contributed by atoms with E-state index in [9.17, 15) is 5.11 Å². The topological polar surface area (TPSA) is 42.4 Å². The predicted molar refractivity (Wildman–Crippen MR) is 73.8 cm³/mol. The third kappa shape index (κ3) is 3.09. The zero-order valence-electron chi connectivity index (χ0n) is 10.2. The van der Waals surface area contributed by atoms with Crippen molar-refractivity contribution in [3.63, 3.8) is 0 Å². The Morgan fingerprint density at radius 1 is 1.28 bits per heavy atom. The van der Waals surface area contributed by atoms with Crippen LogP contribution in [-0.2, 0) is 0 Å². The van der Waals surface area contributed by atoms with E-state index in [1.807, 2.05) is 37.3 Å². The first-order valence-electron chi connectivity index (χ1n) is 5.64. The van der Waals surface area contributed by atoms with Crippen LogP contribution in [0.15, 0.2) is 41.0 Å². The molecule has 0 fully saturated rings. The molecule has 0 unspecified atom stereocenters. The first kappa shape index (κ1) is 13.1. The molecule has 0 saturated heterocycles. The van der Waals surface area contributed by atoms with Crippen LogP contribution in [0.5, 0.6) is 11.5 Å². The molecule has 0 amide bonds. The Balaban J connectivity index is 2.22. The summed E-state index contributed by atoms with van der Waals surface area (Å²) in [5.74, 6) is 1.39. The van der Waals surface area contributed by atoms with Gasteiger partial charge in [-0.15, -0.1) is 0 Å². The number of rotatable bonds is 3. The molecular formula is C14H14BrNO2. The largest absolute Gasteiger partial charge is 0.455 e. The van der Waals surface area contributed by atoms with Crippen molar-refractivity contribution >= 4 is 15.9 Å². The Morgan fingerprint density at radius 2 is 2.06 bits per heavy atom. The number of hydrogen-bond acceptors (Lipinski definition) is 3. The fourth-order valence-electron chi connectivity index (χ4n) is 1.50. The molecule has 18 heavy (non-hydrogen) atoms. The molecule has 1 aromatic heterocycles. The number of nitrogens with zero attached hydrogens (tertiary/aromatic N) is 1. The van der Waals surface area contributed by atoms with Crippen molar-refractivity contribution in [2.24, 2.45) is 0 Å². The van der Waals surface area contributed by atoms with Crippen LogP contribution in [-0.4, -0.2) is 10.1 Å². The molecule has 1 heterocycles. The maximum absolute atomic E-state index is 9.49. The number of aliphatic hydroxyl groups excluding tert-OH is 1. The minimum Gasteiger partial charge on any atom is -0.455 e. The number of aromatic nitrogens is 1. The summed E-state index contributed by atoms with van der Waals surface area (Å²) in [5, 5.41) is 9.49. The summed E-state index contributed by atoms with van der Waals surface area (Å²) in [4.78, 5) is 4.17. The Hall–Kier alpha value is -1.39. The summed E-state index contributed by atoms with van der Waals surface area (Å²) in [5.41, 5.74) is 1.79. The lowest BCUT2D eigenvalue weighted by atomic mass is 10.1. The van der Waals surface area contributed by atoms with Crippen LogP contribution in [0.25, 0.3) is 0 Å². The quantitative estimate of drug-likeness (QED) is 0.932. The summed E-state index contributed by atoms with van der Waals surface area (Å²) in [6.07, 6.45) is 1.20. The third-order valence-electron chi connectivity index (χ3n) is 2.55. The van der Waals surface area contributed by atoms with E-state index in [2.05, 4.69) is 20.9 Å². The van der Waals surface area contributed by atoms with Gasteiger partial charge in [0.25, 0.3) is 0 Å². The first-order chi connectivity index (χ1) is 8.56. The summed E-state index contributed by atoms with van der Waals surface area (Å²) in [7, 11) is 0. The highest BCUT2D eigenvalue weighted by Crippen LogP contribution is 2.31. The summed E-state index contributed by atoms with van der Waals surface area (Å²) < 4.78 is 6.51. The number of ether oxygens (including phenoxy) is 1. The number of benzene rings is 1. The zero-order valence-corrected chi connectivity index (χ0v) is 11.8. The summed E-state index contributed by atoms with van der Waals surface area (Å²) in [6, 6.07) is 9.28. The molecule has 2 rings (SSSR count). The summed E-state index contributed by atoms with van der Waals surface area (Å²) >= 11 is 3.43. The molecule has 3 nitrogen and oxygen atoms in total. The molecule has 0 radical (unpaired) electrons. The molecule has 0 saturated carbocycles. The second-order valence-corrected chi connectivity index (χ2v) is 4.96. The van der Waals surface area contributed by atoms with Gasteiger partial charge in [-0.3, -0.25) is 4.98 Å². The van der Waals surface area contributed by atoms with E-state index in [4.69, 9.17) is 4.74 Å². The molecule has 4 heteroatoms. The molecule has 0 aliphatic heterocycles. The van der Waals surface area contributed by atoms with Crippen LogP contribution in [0.1, 0.15) is 24.3 Å². The van der Waals surface area contributed by atoms with E-state index in [0.29, 0.717) is 11.5 Å². The van der Waals surface area contributed by atoms with E-state index in [1.165, 1.54) is 0 Å². The average Bonchev–Trinajstić information content (AvgIpc) is 2.34. The van der Waals surface area contributed by atoms with E-state index in [1.54, 1.807) is 13.1 Å². The Kier molecular flexibility index (Phi) is 3.99. The van der Waals surface area contributed by atoms with E-state index < -0.39 is 6.10 Å². The average molecular weight is 308 g/mol. The molecular weight excluding hydrogens is 294 g/mol. The van der Waals surface area contributed by atoms with Gasteiger partial charge in [-0.25, -0.2) is 0 Å². The Bertz CT molecular complexity index is 538. The van der Waals surface area contributed by atoms with Crippen LogP contribution in [0, 0.1) is 6.92 Å². The smallest absolute Gasteiger partial charge is 0.145 e. The number of pyridine rings is 1. The van der Waals surface area contributed by atoms with Crippen molar-refractivity contribution in [1.29, 1.82) is 0 Å². The van der Waals surface area contributed by atoms with Gasteiger partial charge in [-0.1, -0.05) is 6.07 Å². The van der Waals surface area contributed by atoms with Crippen molar-refractivity contribution in [3.8, 4) is 11.5 Å². The number of aliphatic hydroxyl groups is 1. The van der Waals surface area contributed by atoms with E-state index >= 15 is 0 Å². The van der Waals surface area contributed by atoms with Gasteiger partial charge in [-0.2, -0.15) is 0 Å². The standard InChI is InChI=1S/C14H14BrNO2/c1-9-3-5-12(8-16-9)18-14-6-4-11(10(2)17)7-13(14)15/h3-8,10,17H,1-2H3/t10-/m1/s1. The van der Waals surface area contributed by atoms with Crippen molar-refractivity contribution in [1.82, 2.24) is 4.98 Å². The molecule has 1 aromatic carbocycles. The highest BCUT2D eigenvalue weighted by Gasteiger charge is 2.07.